The number of esters is 1. The molecule has 1 aliphatic heterocycles. The van der Waals surface area contributed by atoms with Crippen molar-refractivity contribution in [3.8, 4) is 17.0 Å². The molecule has 0 bridgehead atoms. The summed E-state index contributed by atoms with van der Waals surface area (Å²) in [5, 5.41) is 0. The summed E-state index contributed by atoms with van der Waals surface area (Å²) in [4.78, 5) is 33.3. The van der Waals surface area contributed by atoms with Crippen LogP contribution in [-0.2, 0) is 9.53 Å². The fourth-order valence-corrected chi connectivity index (χ4v) is 4.33. The quantitative estimate of drug-likeness (QED) is 0.406. The van der Waals surface area contributed by atoms with Gasteiger partial charge in [0.25, 0.3) is 0 Å². The Hall–Kier alpha value is -3.39. The third-order valence-electron chi connectivity index (χ3n) is 5.94. The van der Waals surface area contributed by atoms with Gasteiger partial charge in [-0.05, 0) is 67.1 Å². The molecule has 1 aliphatic rings. The van der Waals surface area contributed by atoms with Crippen LogP contribution in [0.1, 0.15) is 22.3 Å². The molecule has 0 N–H and O–H groups in total. The van der Waals surface area contributed by atoms with Crippen molar-refractivity contribution in [3.05, 3.63) is 76.4 Å². The summed E-state index contributed by atoms with van der Waals surface area (Å²) in [6, 6.07) is 17.2. The van der Waals surface area contributed by atoms with Crippen LogP contribution in [-0.4, -0.2) is 61.7 Å². The Labute approximate surface area is 213 Å². The molecule has 2 heterocycles. The topological polar surface area (TPSA) is 72.0 Å². The zero-order valence-corrected chi connectivity index (χ0v) is 21.5. The number of anilines is 1. The van der Waals surface area contributed by atoms with Crippen LogP contribution in [0.25, 0.3) is 11.3 Å². The molecular weight excluding hydrogens is 510 g/mol. The number of hydrogen-bond acceptors (Lipinski definition) is 6. The van der Waals surface area contributed by atoms with Gasteiger partial charge in [-0.2, -0.15) is 0 Å². The highest BCUT2D eigenvalue weighted by Gasteiger charge is 2.21. The maximum Gasteiger partial charge on any atom is 0.337 e. The van der Waals surface area contributed by atoms with Crippen LogP contribution in [0.4, 0.5) is 5.69 Å². The van der Waals surface area contributed by atoms with Gasteiger partial charge in [0.2, 0.25) is 5.91 Å². The first kappa shape index (κ1) is 24.7. The number of carbonyl (C=O) groups excluding carboxylic acids is 2. The lowest BCUT2D eigenvalue weighted by atomic mass is 10.0. The van der Waals surface area contributed by atoms with E-state index in [9.17, 15) is 9.59 Å². The molecule has 0 unspecified atom stereocenters. The fourth-order valence-electron chi connectivity index (χ4n) is 4.07. The van der Waals surface area contributed by atoms with E-state index in [2.05, 4.69) is 25.8 Å². The second-order valence-corrected chi connectivity index (χ2v) is 9.32. The van der Waals surface area contributed by atoms with Gasteiger partial charge in [0.05, 0.1) is 43.3 Å². The Morgan fingerprint density at radius 2 is 1.74 bits per heavy atom. The number of hydrogen-bond donors (Lipinski definition) is 0. The molecule has 3 aromatic rings. The molecule has 0 saturated carbocycles. The van der Waals surface area contributed by atoms with Gasteiger partial charge in [-0.25, -0.2) is 4.79 Å². The minimum atomic E-state index is -0.362. The number of amides is 1. The van der Waals surface area contributed by atoms with Crippen molar-refractivity contribution < 1.29 is 19.1 Å². The maximum atomic E-state index is 12.6. The monoisotopic (exact) mass is 537 g/mol. The van der Waals surface area contributed by atoms with Gasteiger partial charge >= 0.3 is 5.97 Å². The molecule has 8 heteroatoms. The molecule has 0 atom stereocenters. The molecule has 1 amide bonds. The summed E-state index contributed by atoms with van der Waals surface area (Å²) in [6.07, 6.45) is 2.20. The second-order valence-electron chi connectivity index (χ2n) is 8.40. The molecule has 4 rings (SSSR count). The van der Waals surface area contributed by atoms with Crippen molar-refractivity contribution in [3.63, 3.8) is 0 Å². The number of methoxy groups -OCH3 is 1. The van der Waals surface area contributed by atoms with Crippen molar-refractivity contribution in [2.24, 2.45) is 0 Å². The number of aryl methyl sites for hydroxylation is 1. The van der Waals surface area contributed by atoms with Gasteiger partial charge in [-0.3, -0.25) is 9.78 Å². The van der Waals surface area contributed by atoms with Crippen molar-refractivity contribution in [2.45, 2.75) is 13.3 Å². The van der Waals surface area contributed by atoms with E-state index >= 15 is 0 Å². The highest BCUT2D eigenvalue weighted by Crippen LogP contribution is 2.24. The van der Waals surface area contributed by atoms with Gasteiger partial charge in [-0.15, -0.1) is 0 Å². The largest absolute Gasteiger partial charge is 0.493 e. The number of halogens is 1. The summed E-state index contributed by atoms with van der Waals surface area (Å²) < 4.78 is 11.5. The first-order valence-electron chi connectivity index (χ1n) is 11.5. The fraction of sp³-hybridized carbons (Fsp3) is 0.296. The molecule has 2 aromatic carbocycles. The third-order valence-corrected chi connectivity index (χ3v) is 6.47. The molecule has 35 heavy (non-hydrogen) atoms. The van der Waals surface area contributed by atoms with Gasteiger partial charge in [0.1, 0.15) is 5.75 Å². The zero-order valence-electron chi connectivity index (χ0n) is 19.9. The van der Waals surface area contributed by atoms with Crippen LogP contribution in [0.15, 0.2) is 65.3 Å². The normalized spacial score (nSPS) is 13.5. The maximum absolute atomic E-state index is 12.6. The first-order chi connectivity index (χ1) is 16.9. The Balaban J connectivity index is 1.29. The van der Waals surface area contributed by atoms with Crippen molar-refractivity contribution >= 4 is 33.5 Å². The van der Waals surface area contributed by atoms with Gasteiger partial charge in [0.15, 0.2) is 0 Å². The van der Waals surface area contributed by atoms with E-state index in [1.54, 1.807) is 12.1 Å². The summed E-state index contributed by atoms with van der Waals surface area (Å²) in [5.41, 5.74) is 4.16. The average molecular weight is 538 g/mol. The van der Waals surface area contributed by atoms with E-state index in [1.165, 1.54) is 7.11 Å². The summed E-state index contributed by atoms with van der Waals surface area (Å²) in [7, 11) is 1.38. The van der Waals surface area contributed by atoms with E-state index in [4.69, 9.17) is 9.47 Å². The van der Waals surface area contributed by atoms with Crippen LogP contribution in [0.3, 0.4) is 0 Å². The summed E-state index contributed by atoms with van der Waals surface area (Å²) in [5.74, 6) is 0.504. The van der Waals surface area contributed by atoms with Gasteiger partial charge < -0.3 is 19.3 Å². The molecule has 1 saturated heterocycles. The molecule has 0 spiro atoms. The number of piperazine rings is 1. The zero-order chi connectivity index (χ0) is 24.8. The lowest BCUT2D eigenvalue weighted by Crippen LogP contribution is -2.49. The predicted octanol–water partition coefficient (Wildman–Crippen LogP) is 4.72. The highest BCUT2D eigenvalue weighted by molar-refractivity contribution is 9.10. The average Bonchev–Trinajstić information content (AvgIpc) is 2.89. The number of aromatic nitrogens is 1. The Morgan fingerprint density at radius 3 is 2.40 bits per heavy atom. The number of nitrogens with zero attached hydrogens (tertiary/aromatic N) is 3. The first-order valence-corrected chi connectivity index (χ1v) is 12.3. The van der Waals surface area contributed by atoms with E-state index in [0.717, 1.165) is 45.8 Å². The van der Waals surface area contributed by atoms with Crippen LogP contribution < -0.4 is 9.64 Å². The lowest BCUT2D eigenvalue weighted by Gasteiger charge is -2.36. The minimum absolute atomic E-state index is 0.107. The third kappa shape index (κ3) is 6.39. The molecule has 182 valence electrons. The van der Waals surface area contributed by atoms with Crippen LogP contribution >= 0.6 is 15.9 Å². The summed E-state index contributed by atoms with van der Waals surface area (Å²) >= 11 is 3.40. The number of ether oxygens (including phenoxy) is 2. The lowest BCUT2D eigenvalue weighted by molar-refractivity contribution is -0.132. The van der Waals surface area contributed by atoms with Crippen LogP contribution in [0.5, 0.6) is 5.75 Å². The minimum Gasteiger partial charge on any atom is -0.493 e. The molecular formula is C27H28BrN3O4. The standard InChI is InChI=1S/C27H28BrN3O4/c1-19-15-20(17-21(16-19)27(33)34-2)25-8-5-23(18-29-25)30-10-12-31(13-11-30)26(32)9-14-35-24-6-3-22(28)4-7-24/h3-8,15-18H,9-14H2,1-2H3. The van der Waals surface area contributed by atoms with Gasteiger partial charge in [-0.1, -0.05) is 15.9 Å². The Bertz CT molecular complexity index is 1170. The molecule has 0 aliphatic carbocycles. The van der Waals surface area contributed by atoms with Crippen LogP contribution in [0.2, 0.25) is 0 Å². The van der Waals surface area contributed by atoms with Crippen molar-refractivity contribution in [1.29, 1.82) is 0 Å². The second kappa shape index (κ2) is 11.4. The van der Waals surface area contributed by atoms with E-state index in [1.807, 2.05) is 60.5 Å². The van der Waals surface area contributed by atoms with Crippen molar-refractivity contribution in [2.75, 3.05) is 44.8 Å². The van der Waals surface area contributed by atoms with E-state index in [-0.39, 0.29) is 11.9 Å². The smallest absolute Gasteiger partial charge is 0.337 e. The number of pyridine rings is 1. The Kier molecular flexibility index (Phi) is 8.02. The number of benzene rings is 2. The molecule has 7 nitrogen and oxygen atoms in total. The van der Waals surface area contributed by atoms with Gasteiger partial charge in [0, 0.05) is 36.2 Å². The highest BCUT2D eigenvalue weighted by atomic mass is 79.9. The molecule has 1 fully saturated rings. The van der Waals surface area contributed by atoms with Crippen LogP contribution in [0, 0.1) is 6.92 Å². The van der Waals surface area contributed by atoms with E-state index < -0.39 is 0 Å². The Morgan fingerprint density at radius 1 is 1.00 bits per heavy atom. The molecule has 1 aromatic heterocycles. The number of carbonyl (C=O) groups is 2. The molecule has 0 radical (unpaired) electrons. The SMILES string of the molecule is COC(=O)c1cc(C)cc(-c2ccc(N3CCN(C(=O)CCOc4ccc(Br)cc4)CC3)cn2)c1. The predicted molar refractivity (Wildman–Crippen MR) is 139 cm³/mol. The van der Waals surface area contributed by atoms with E-state index in [0.29, 0.717) is 31.7 Å². The number of rotatable bonds is 7. The summed E-state index contributed by atoms with van der Waals surface area (Å²) in [6.45, 7) is 5.13. The van der Waals surface area contributed by atoms with Crippen molar-refractivity contribution in [1.82, 2.24) is 9.88 Å².